The standard InChI is InChI=1S/C15H20ClN3O4/c1-10(14(21)22)9-19(2)15(23)18-8-7-17-13(20)11-5-3-4-6-12(11)16/h3-6,10H,7-9H2,1-2H3,(H,17,20)(H,18,23)(H,21,22). The smallest absolute Gasteiger partial charge is 0.317 e. The molecule has 0 aliphatic heterocycles. The summed E-state index contributed by atoms with van der Waals surface area (Å²) in [5.41, 5.74) is 0.368. The van der Waals surface area contributed by atoms with Crippen molar-refractivity contribution < 1.29 is 19.5 Å². The van der Waals surface area contributed by atoms with Gasteiger partial charge in [0.05, 0.1) is 16.5 Å². The monoisotopic (exact) mass is 341 g/mol. The van der Waals surface area contributed by atoms with Crippen LogP contribution in [0.25, 0.3) is 0 Å². The van der Waals surface area contributed by atoms with Crippen molar-refractivity contribution in [2.75, 3.05) is 26.7 Å². The van der Waals surface area contributed by atoms with Crippen LogP contribution in [0.5, 0.6) is 0 Å². The van der Waals surface area contributed by atoms with Gasteiger partial charge in [0, 0.05) is 26.7 Å². The van der Waals surface area contributed by atoms with E-state index >= 15 is 0 Å². The Morgan fingerprint density at radius 2 is 1.83 bits per heavy atom. The second kappa shape index (κ2) is 8.99. The van der Waals surface area contributed by atoms with Crippen molar-refractivity contribution in [3.63, 3.8) is 0 Å². The van der Waals surface area contributed by atoms with Gasteiger partial charge in [0.1, 0.15) is 0 Å². The van der Waals surface area contributed by atoms with Gasteiger partial charge in [-0.3, -0.25) is 9.59 Å². The Hall–Kier alpha value is -2.28. The highest BCUT2D eigenvalue weighted by atomic mass is 35.5. The predicted octanol–water partition coefficient (Wildman–Crippen LogP) is 1.43. The van der Waals surface area contributed by atoms with Crippen molar-refractivity contribution in [2.45, 2.75) is 6.92 Å². The number of aliphatic carboxylic acids is 1. The van der Waals surface area contributed by atoms with Gasteiger partial charge >= 0.3 is 12.0 Å². The number of urea groups is 1. The molecule has 0 saturated heterocycles. The molecule has 0 aliphatic carbocycles. The summed E-state index contributed by atoms with van der Waals surface area (Å²) in [7, 11) is 1.51. The zero-order valence-corrected chi connectivity index (χ0v) is 13.8. The fourth-order valence-corrected chi connectivity index (χ4v) is 2.01. The molecule has 3 N–H and O–H groups in total. The van der Waals surface area contributed by atoms with Gasteiger partial charge in [-0.1, -0.05) is 30.7 Å². The number of benzene rings is 1. The quantitative estimate of drug-likeness (QED) is 0.653. The number of nitrogens with one attached hydrogen (secondary N) is 2. The average molecular weight is 342 g/mol. The number of carboxylic acids is 1. The molecule has 1 aromatic rings. The lowest BCUT2D eigenvalue weighted by molar-refractivity contribution is -0.141. The molecule has 1 atom stereocenters. The molecular formula is C15H20ClN3O4. The number of nitrogens with zero attached hydrogens (tertiary/aromatic N) is 1. The van der Waals surface area contributed by atoms with E-state index in [0.717, 1.165) is 0 Å². The third-order valence-electron chi connectivity index (χ3n) is 3.12. The van der Waals surface area contributed by atoms with Crippen molar-refractivity contribution in [1.29, 1.82) is 0 Å². The Balaban J connectivity index is 2.31. The molecule has 1 unspecified atom stereocenters. The first-order valence-corrected chi connectivity index (χ1v) is 7.45. The average Bonchev–Trinajstić information content (AvgIpc) is 2.51. The van der Waals surface area contributed by atoms with E-state index in [9.17, 15) is 14.4 Å². The van der Waals surface area contributed by atoms with Crippen LogP contribution >= 0.6 is 11.6 Å². The van der Waals surface area contributed by atoms with E-state index in [1.54, 1.807) is 24.3 Å². The summed E-state index contributed by atoms with van der Waals surface area (Å²) in [6, 6.07) is 6.27. The summed E-state index contributed by atoms with van der Waals surface area (Å²) in [5, 5.41) is 14.4. The molecule has 8 heteroatoms. The molecule has 3 amide bonds. The first kappa shape index (κ1) is 18.8. The fraction of sp³-hybridized carbons (Fsp3) is 0.400. The van der Waals surface area contributed by atoms with E-state index < -0.39 is 17.9 Å². The predicted molar refractivity (Wildman–Crippen MR) is 86.6 cm³/mol. The summed E-state index contributed by atoms with van der Waals surface area (Å²) < 4.78 is 0. The van der Waals surface area contributed by atoms with Crippen molar-refractivity contribution in [1.82, 2.24) is 15.5 Å². The zero-order valence-electron chi connectivity index (χ0n) is 13.0. The molecule has 126 valence electrons. The maximum atomic E-state index is 11.9. The number of hydrogen-bond acceptors (Lipinski definition) is 3. The van der Waals surface area contributed by atoms with Gasteiger partial charge in [0.2, 0.25) is 0 Å². The van der Waals surface area contributed by atoms with E-state index in [2.05, 4.69) is 10.6 Å². The Morgan fingerprint density at radius 3 is 2.43 bits per heavy atom. The van der Waals surface area contributed by atoms with Gasteiger partial charge in [-0.15, -0.1) is 0 Å². The van der Waals surface area contributed by atoms with Crippen LogP contribution in [0.15, 0.2) is 24.3 Å². The fourth-order valence-electron chi connectivity index (χ4n) is 1.79. The molecule has 1 aromatic carbocycles. The number of carbonyl (C=O) groups excluding carboxylic acids is 2. The van der Waals surface area contributed by atoms with E-state index in [0.29, 0.717) is 10.6 Å². The number of carbonyl (C=O) groups is 3. The lowest BCUT2D eigenvalue weighted by Crippen LogP contribution is -2.43. The highest BCUT2D eigenvalue weighted by Crippen LogP contribution is 2.14. The Morgan fingerprint density at radius 1 is 1.22 bits per heavy atom. The van der Waals surface area contributed by atoms with Crippen LogP contribution in [-0.2, 0) is 4.79 Å². The van der Waals surface area contributed by atoms with E-state index in [1.807, 2.05) is 0 Å². The summed E-state index contributed by atoms with van der Waals surface area (Å²) in [5.74, 6) is -1.93. The van der Waals surface area contributed by atoms with Gasteiger partial charge in [0.25, 0.3) is 5.91 Å². The maximum Gasteiger partial charge on any atom is 0.317 e. The number of rotatable bonds is 7. The second-order valence-corrected chi connectivity index (χ2v) is 5.49. The van der Waals surface area contributed by atoms with Crippen LogP contribution in [0.4, 0.5) is 4.79 Å². The van der Waals surface area contributed by atoms with Gasteiger partial charge in [0.15, 0.2) is 0 Å². The van der Waals surface area contributed by atoms with Crippen molar-refractivity contribution in [2.24, 2.45) is 5.92 Å². The van der Waals surface area contributed by atoms with Crippen LogP contribution in [0, 0.1) is 5.92 Å². The third-order valence-corrected chi connectivity index (χ3v) is 3.45. The van der Waals surface area contributed by atoms with Crippen LogP contribution in [-0.4, -0.2) is 54.6 Å². The molecule has 1 rings (SSSR count). The minimum absolute atomic E-state index is 0.104. The molecule has 0 aliphatic rings. The summed E-state index contributed by atoms with van der Waals surface area (Å²) in [6.07, 6.45) is 0. The third kappa shape index (κ3) is 6.15. The molecule has 0 fully saturated rings. The summed E-state index contributed by atoms with van der Waals surface area (Å²) in [6.45, 7) is 2.09. The highest BCUT2D eigenvalue weighted by molar-refractivity contribution is 6.33. The largest absolute Gasteiger partial charge is 0.481 e. The molecule has 0 heterocycles. The second-order valence-electron chi connectivity index (χ2n) is 5.09. The van der Waals surface area contributed by atoms with E-state index in [4.69, 9.17) is 16.7 Å². The molecule has 0 aromatic heterocycles. The SMILES string of the molecule is CC(CN(C)C(=O)NCCNC(=O)c1ccccc1Cl)C(=O)O. The Bertz CT molecular complexity index is 580. The first-order valence-electron chi connectivity index (χ1n) is 7.07. The summed E-state index contributed by atoms with van der Waals surface area (Å²) >= 11 is 5.91. The van der Waals surface area contributed by atoms with E-state index in [1.165, 1.54) is 18.9 Å². The van der Waals surface area contributed by atoms with Crippen molar-refractivity contribution >= 4 is 29.5 Å². The molecule has 23 heavy (non-hydrogen) atoms. The van der Waals surface area contributed by atoms with Crippen molar-refractivity contribution in [3.05, 3.63) is 34.9 Å². The van der Waals surface area contributed by atoms with Crippen LogP contribution in [0.2, 0.25) is 5.02 Å². The number of hydrogen-bond donors (Lipinski definition) is 3. The summed E-state index contributed by atoms with van der Waals surface area (Å²) in [4.78, 5) is 35.7. The molecular weight excluding hydrogens is 322 g/mol. The topological polar surface area (TPSA) is 98.7 Å². The van der Waals surface area contributed by atoms with Crippen LogP contribution in [0.3, 0.4) is 0 Å². The minimum Gasteiger partial charge on any atom is -0.481 e. The lowest BCUT2D eigenvalue weighted by Gasteiger charge is -2.20. The molecule has 0 radical (unpaired) electrons. The maximum absolute atomic E-state index is 11.9. The number of carboxylic acid groups (broad SMARTS) is 1. The van der Waals surface area contributed by atoms with Crippen molar-refractivity contribution in [3.8, 4) is 0 Å². The zero-order chi connectivity index (χ0) is 17.4. The Kier molecular flexibility index (Phi) is 7.34. The van der Waals surface area contributed by atoms with Gasteiger partial charge in [-0.25, -0.2) is 4.79 Å². The van der Waals surface area contributed by atoms with E-state index in [-0.39, 0.29) is 25.5 Å². The highest BCUT2D eigenvalue weighted by Gasteiger charge is 2.17. The molecule has 0 saturated carbocycles. The van der Waals surface area contributed by atoms with Gasteiger partial charge < -0.3 is 20.6 Å². The van der Waals surface area contributed by atoms with Crippen LogP contribution < -0.4 is 10.6 Å². The van der Waals surface area contributed by atoms with Gasteiger partial charge in [-0.05, 0) is 12.1 Å². The molecule has 7 nitrogen and oxygen atoms in total. The molecule has 0 spiro atoms. The first-order chi connectivity index (χ1) is 10.8. The lowest BCUT2D eigenvalue weighted by atomic mass is 10.2. The van der Waals surface area contributed by atoms with Crippen LogP contribution in [0.1, 0.15) is 17.3 Å². The minimum atomic E-state index is -0.961. The number of amides is 3. The van der Waals surface area contributed by atoms with Gasteiger partial charge in [-0.2, -0.15) is 0 Å². The Labute approximate surface area is 139 Å². The molecule has 0 bridgehead atoms. The number of halogens is 1. The normalized spacial score (nSPS) is 11.4.